The van der Waals surface area contributed by atoms with Crippen molar-refractivity contribution in [2.24, 2.45) is 5.92 Å². The number of anilines is 1. The molecular formula is C19H28N4O2. The lowest BCUT2D eigenvalue weighted by Gasteiger charge is -2.35. The van der Waals surface area contributed by atoms with Gasteiger partial charge in [-0.2, -0.15) is 0 Å². The van der Waals surface area contributed by atoms with Crippen LogP contribution in [0.3, 0.4) is 0 Å². The predicted molar refractivity (Wildman–Crippen MR) is 97.2 cm³/mol. The first-order valence-corrected chi connectivity index (χ1v) is 9.43. The second kappa shape index (κ2) is 8.83. The van der Waals surface area contributed by atoms with Crippen molar-refractivity contribution in [2.75, 3.05) is 37.6 Å². The van der Waals surface area contributed by atoms with Gasteiger partial charge in [-0.25, -0.2) is 4.98 Å². The first-order chi connectivity index (χ1) is 12.2. The van der Waals surface area contributed by atoms with Crippen molar-refractivity contribution in [1.29, 1.82) is 0 Å². The molecule has 2 aliphatic rings. The third kappa shape index (κ3) is 5.18. The molecule has 0 unspecified atom stereocenters. The van der Waals surface area contributed by atoms with Crippen molar-refractivity contribution < 1.29 is 9.59 Å². The maximum atomic E-state index is 12.3. The van der Waals surface area contributed by atoms with E-state index in [-0.39, 0.29) is 11.8 Å². The highest BCUT2D eigenvalue weighted by atomic mass is 16.2. The molecule has 1 saturated carbocycles. The Balaban J connectivity index is 1.33. The number of nitrogens with one attached hydrogen (secondary N) is 1. The van der Waals surface area contributed by atoms with Gasteiger partial charge in [0.25, 0.3) is 0 Å². The lowest BCUT2D eigenvalue weighted by Crippen LogP contribution is -2.49. The summed E-state index contributed by atoms with van der Waals surface area (Å²) in [6.45, 7) is 3.48. The topological polar surface area (TPSA) is 65.5 Å². The zero-order chi connectivity index (χ0) is 17.5. The summed E-state index contributed by atoms with van der Waals surface area (Å²) in [4.78, 5) is 32.7. The molecule has 3 rings (SSSR count). The van der Waals surface area contributed by atoms with Crippen molar-refractivity contribution >= 4 is 17.6 Å². The first-order valence-electron chi connectivity index (χ1n) is 9.43. The molecule has 1 aliphatic heterocycles. The molecule has 1 aromatic rings. The number of carbonyl (C=O) groups excluding carboxylic acids is 2. The maximum absolute atomic E-state index is 12.3. The Morgan fingerprint density at radius 2 is 1.88 bits per heavy atom. The number of pyridine rings is 1. The van der Waals surface area contributed by atoms with Crippen LogP contribution in [0.15, 0.2) is 24.4 Å². The summed E-state index contributed by atoms with van der Waals surface area (Å²) in [7, 11) is 0. The van der Waals surface area contributed by atoms with Gasteiger partial charge in [0.1, 0.15) is 5.82 Å². The van der Waals surface area contributed by atoms with Crippen molar-refractivity contribution in [2.45, 2.75) is 38.5 Å². The molecule has 6 nitrogen and oxygen atoms in total. The van der Waals surface area contributed by atoms with Gasteiger partial charge in [0.05, 0.1) is 0 Å². The van der Waals surface area contributed by atoms with Crippen molar-refractivity contribution in [1.82, 2.24) is 15.2 Å². The Morgan fingerprint density at radius 3 is 2.56 bits per heavy atom. The Hall–Kier alpha value is -2.11. The van der Waals surface area contributed by atoms with E-state index in [1.807, 2.05) is 23.1 Å². The molecule has 0 atom stereocenters. The molecule has 25 heavy (non-hydrogen) atoms. The molecular weight excluding hydrogens is 316 g/mol. The number of amides is 2. The number of rotatable bonds is 6. The molecule has 0 spiro atoms. The van der Waals surface area contributed by atoms with E-state index in [4.69, 9.17) is 0 Å². The molecule has 1 N–H and O–H groups in total. The van der Waals surface area contributed by atoms with Gasteiger partial charge < -0.3 is 15.1 Å². The molecule has 2 fully saturated rings. The zero-order valence-electron chi connectivity index (χ0n) is 14.8. The Morgan fingerprint density at radius 1 is 1.12 bits per heavy atom. The largest absolute Gasteiger partial charge is 0.356 e. The van der Waals surface area contributed by atoms with Crippen LogP contribution in [0.5, 0.6) is 0 Å². The molecule has 2 amide bonds. The van der Waals surface area contributed by atoms with Crippen LogP contribution in [-0.2, 0) is 9.59 Å². The molecule has 0 bridgehead atoms. The van der Waals surface area contributed by atoms with Gasteiger partial charge in [0, 0.05) is 51.8 Å². The number of piperazine rings is 1. The SMILES string of the molecule is O=C(CC1CCCC1)NCCC(=O)N1CCN(c2ccccn2)CC1. The predicted octanol–water partition coefficient (Wildman–Crippen LogP) is 1.82. The van der Waals surface area contributed by atoms with Gasteiger partial charge in [0.15, 0.2) is 0 Å². The van der Waals surface area contributed by atoms with Crippen LogP contribution in [0, 0.1) is 5.92 Å². The monoisotopic (exact) mass is 344 g/mol. The molecule has 1 saturated heterocycles. The van der Waals surface area contributed by atoms with E-state index in [0.29, 0.717) is 38.4 Å². The number of hydrogen-bond donors (Lipinski definition) is 1. The van der Waals surface area contributed by atoms with Crippen molar-refractivity contribution in [3.63, 3.8) is 0 Å². The highest BCUT2D eigenvalue weighted by molar-refractivity contribution is 5.79. The smallest absolute Gasteiger partial charge is 0.224 e. The van der Waals surface area contributed by atoms with E-state index in [2.05, 4.69) is 15.2 Å². The second-order valence-corrected chi connectivity index (χ2v) is 7.01. The average molecular weight is 344 g/mol. The highest BCUT2D eigenvalue weighted by Gasteiger charge is 2.22. The minimum atomic E-state index is 0.0969. The van der Waals surface area contributed by atoms with Crippen LogP contribution in [0.2, 0.25) is 0 Å². The maximum Gasteiger partial charge on any atom is 0.224 e. The molecule has 0 aromatic carbocycles. The van der Waals surface area contributed by atoms with Crippen LogP contribution in [-0.4, -0.2) is 54.4 Å². The number of hydrogen-bond acceptors (Lipinski definition) is 4. The Kier molecular flexibility index (Phi) is 6.25. The Bertz CT molecular complexity index is 564. The van der Waals surface area contributed by atoms with Crippen molar-refractivity contribution in [3.8, 4) is 0 Å². The second-order valence-electron chi connectivity index (χ2n) is 7.01. The standard InChI is InChI=1S/C19H28N4O2/c24-18(15-16-5-1-2-6-16)21-10-8-19(25)23-13-11-22(12-14-23)17-7-3-4-9-20-17/h3-4,7,9,16H,1-2,5-6,8,10-15H2,(H,21,24). The fraction of sp³-hybridized carbons (Fsp3) is 0.632. The lowest BCUT2D eigenvalue weighted by molar-refractivity contribution is -0.131. The van der Waals surface area contributed by atoms with Crippen LogP contribution in [0.1, 0.15) is 38.5 Å². The summed E-state index contributed by atoms with van der Waals surface area (Å²) >= 11 is 0. The van der Waals surface area contributed by atoms with E-state index in [1.165, 1.54) is 25.7 Å². The highest BCUT2D eigenvalue weighted by Crippen LogP contribution is 2.27. The minimum absolute atomic E-state index is 0.0969. The van der Waals surface area contributed by atoms with E-state index in [1.54, 1.807) is 6.20 Å². The normalized spacial score (nSPS) is 18.4. The summed E-state index contributed by atoms with van der Waals surface area (Å²) in [6.07, 6.45) is 7.65. The Labute approximate surface area is 149 Å². The third-order valence-electron chi connectivity index (χ3n) is 5.22. The summed E-state index contributed by atoms with van der Waals surface area (Å²) in [5.41, 5.74) is 0. The van der Waals surface area contributed by atoms with E-state index in [9.17, 15) is 9.59 Å². The van der Waals surface area contributed by atoms with E-state index >= 15 is 0 Å². The summed E-state index contributed by atoms with van der Waals surface area (Å²) in [6, 6.07) is 5.88. The van der Waals surface area contributed by atoms with Crippen LogP contribution in [0.4, 0.5) is 5.82 Å². The van der Waals surface area contributed by atoms with Gasteiger partial charge in [-0.1, -0.05) is 18.9 Å². The van der Waals surface area contributed by atoms with Gasteiger partial charge in [-0.05, 0) is 30.9 Å². The third-order valence-corrected chi connectivity index (χ3v) is 5.22. The summed E-state index contributed by atoms with van der Waals surface area (Å²) < 4.78 is 0. The number of nitrogens with zero attached hydrogens (tertiary/aromatic N) is 3. The first kappa shape index (κ1) is 17.7. The van der Waals surface area contributed by atoms with Gasteiger partial charge in [0.2, 0.25) is 11.8 Å². The fourth-order valence-electron chi connectivity index (χ4n) is 3.74. The van der Waals surface area contributed by atoms with E-state index < -0.39 is 0 Å². The summed E-state index contributed by atoms with van der Waals surface area (Å²) in [5.74, 6) is 1.74. The number of carbonyl (C=O) groups is 2. The van der Waals surface area contributed by atoms with Crippen LogP contribution < -0.4 is 10.2 Å². The fourth-order valence-corrected chi connectivity index (χ4v) is 3.74. The quantitative estimate of drug-likeness (QED) is 0.855. The zero-order valence-corrected chi connectivity index (χ0v) is 14.8. The lowest BCUT2D eigenvalue weighted by atomic mass is 10.0. The molecule has 6 heteroatoms. The average Bonchev–Trinajstić information content (AvgIpc) is 3.15. The molecule has 2 heterocycles. The molecule has 136 valence electrons. The van der Waals surface area contributed by atoms with E-state index in [0.717, 1.165) is 18.9 Å². The van der Waals surface area contributed by atoms with Gasteiger partial charge in [-0.15, -0.1) is 0 Å². The van der Waals surface area contributed by atoms with Gasteiger partial charge in [-0.3, -0.25) is 9.59 Å². The minimum Gasteiger partial charge on any atom is -0.356 e. The molecule has 0 radical (unpaired) electrons. The molecule has 1 aromatic heterocycles. The molecule has 1 aliphatic carbocycles. The van der Waals surface area contributed by atoms with Crippen LogP contribution >= 0.6 is 0 Å². The van der Waals surface area contributed by atoms with Crippen molar-refractivity contribution in [3.05, 3.63) is 24.4 Å². The van der Waals surface area contributed by atoms with Gasteiger partial charge >= 0.3 is 0 Å². The summed E-state index contributed by atoms with van der Waals surface area (Å²) in [5, 5.41) is 2.91. The van der Waals surface area contributed by atoms with Crippen LogP contribution in [0.25, 0.3) is 0 Å². The number of aromatic nitrogens is 1.